The van der Waals surface area contributed by atoms with E-state index in [0.29, 0.717) is 24.2 Å². The van der Waals surface area contributed by atoms with Crippen LogP contribution in [0, 0.1) is 5.41 Å². The summed E-state index contributed by atoms with van der Waals surface area (Å²) in [5.74, 6) is -0.168. The Bertz CT molecular complexity index is 581. The maximum atomic E-state index is 12.4. The number of nitrogens with zero attached hydrogens (tertiary/aromatic N) is 1. The fourth-order valence-corrected chi connectivity index (χ4v) is 3.37. The lowest BCUT2D eigenvalue weighted by Crippen LogP contribution is -2.44. The first-order chi connectivity index (χ1) is 11.4. The molecule has 0 radical (unpaired) electrons. The molecule has 0 saturated heterocycles. The molecule has 24 heavy (non-hydrogen) atoms. The minimum atomic E-state index is -0.242. The van der Waals surface area contributed by atoms with Crippen molar-refractivity contribution in [3.05, 3.63) is 35.4 Å². The van der Waals surface area contributed by atoms with Gasteiger partial charge in [0.2, 0.25) is 0 Å². The summed E-state index contributed by atoms with van der Waals surface area (Å²) in [5.41, 5.74) is 0.892. The summed E-state index contributed by atoms with van der Waals surface area (Å²) in [6, 6.07) is 6.78. The van der Waals surface area contributed by atoms with Gasteiger partial charge in [0, 0.05) is 35.7 Å². The molecule has 5 nitrogen and oxygen atoms in total. The van der Waals surface area contributed by atoms with Crippen LogP contribution in [-0.4, -0.2) is 47.6 Å². The summed E-state index contributed by atoms with van der Waals surface area (Å²) in [5, 5.41) is 12.6. The summed E-state index contributed by atoms with van der Waals surface area (Å²) in [6.45, 7) is 7.32. The van der Waals surface area contributed by atoms with Crippen LogP contribution in [-0.2, 0) is 0 Å². The van der Waals surface area contributed by atoms with E-state index in [1.165, 1.54) is 0 Å². The Hall–Kier alpha value is -1.88. The Kier molecular flexibility index (Phi) is 5.99. The van der Waals surface area contributed by atoms with Gasteiger partial charge in [-0.2, -0.15) is 0 Å². The molecular weight excluding hydrogens is 304 g/mol. The van der Waals surface area contributed by atoms with Crippen molar-refractivity contribution in [2.75, 3.05) is 19.7 Å². The maximum Gasteiger partial charge on any atom is 0.253 e. The highest BCUT2D eigenvalue weighted by Gasteiger charge is 2.39. The summed E-state index contributed by atoms with van der Waals surface area (Å²) >= 11 is 0. The van der Waals surface area contributed by atoms with E-state index in [1.807, 2.05) is 20.8 Å². The molecular formula is C19H28N2O3. The molecule has 5 heteroatoms. The van der Waals surface area contributed by atoms with E-state index in [2.05, 4.69) is 5.32 Å². The number of hydrogen-bond acceptors (Lipinski definition) is 3. The average Bonchev–Trinajstić information content (AvgIpc) is 2.97. The molecule has 2 unspecified atom stereocenters. The van der Waals surface area contributed by atoms with Crippen molar-refractivity contribution in [2.45, 2.75) is 46.1 Å². The first-order valence-corrected chi connectivity index (χ1v) is 8.76. The largest absolute Gasteiger partial charge is 0.396 e. The van der Waals surface area contributed by atoms with Crippen LogP contribution in [0.3, 0.4) is 0 Å². The molecule has 1 fully saturated rings. The molecule has 1 aliphatic rings. The first-order valence-electron chi connectivity index (χ1n) is 8.76. The van der Waals surface area contributed by atoms with Gasteiger partial charge in [0.25, 0.3) is 11.8 Å². The molecule has 0 bridgehead atoms. The molecule has 0 spiro atoms. The van der Waals surface area contributed by atoms with Gasteiger partial charge in [-0.05, 0) is 51.0 Å². The van der Waals surface area contributed by atoms with Crippen molar-refractivity contribution in [3.63, 3.8) is 0 Å². The molecule has 0 aromatic heterocycles. The number of carbonyl (C=O) groups is 2. The fraction of sp³-hybridized carbons (Fsp3) is 0.579. The predicted molar refractivity (Wildman–Crippen MR) is 94.0 cm³/mol. The summed E-state index contributed by atoms with van der Waals surface area (Å²) in [6.07, 6.45) is 2.83. The van der Waals surface area contributed by atoms with Crippen LogP contribution in [0.4, 0.5) is 0 Å². The second kappa shape index (κ2) is 7.79. The topological polar surface area (TPSA) is 69.6 Å². The van der Waals surface area contributed by atoms with Crippen LogP contribution in [0.5, 0.6) is 0 Å². The number of carbonyl (C=O) groups excluding carboxylic acids is 2. The van der Waals surface area contributed by atoms with Gasteiger partial charge in [0.15, 0.2) is 0 Å². The molecule has 1 aromatic rings. The molecule has 2 N–H and O–H groups in total. The zero-order chi connectivity index (χ0) is 17.7. The lowest BCUT2D eigenvalue weighted by atomic mass is 9.85. The van der Waals surface area contributed by atoms with E-state index < -0.39 is 0 Å². The van der Waals surface area contributed by atoms with Crippen LogP contribution >= 0.6 is 0 Å². The van der Waals surface area contributed by atoms with Gasteiger partial charge in [-0.1, -0.05) is 13.3 Å². The van der Waals surface area contributed by atoms with Gasteiger partial charge >= 0.3 is 0 Å². The monoisotopic (exact) mass is 332 g/mol. The van der Waals surface area contributed by atoms with E-state index in [1.54, 1.807) is 29.2 Å². The normalized spacial score (nSPS) is 23.1. The Labute approximate surface area is 144 Å². The van der Waals surface area contributed by atoms with Gasteiger partial charge < -0.3 is 15.3 Å². The van der Waals surface area contributed by atoms with Crippen molar-refractivity contribution in [2.24, 2.45) is 5.41 Å². The highest BCUT2D eigenvalue weighted by atomic mass is 16.3. The summed E-state index contributed by atoms with van der Waals surface area (Å²) in [7, 11) is 0. The number of aliphatic hydroxyl groups is 1. The standard InChI is InChI=1S/C19H28N2O3/c1-4-21(5-2)18(24)15-10-8-14(9-11-15)17(23)20-16-7-6-12-19(16,3)13-22/h8-11,16,22H,4-7,12-13H2,1-3H3,(H,20,23). The van der Waals surface area contributed by atoms with Crippen molar-refractivity contribution in [3.8, 4) is 0 Å². The van der Waals surface area contributed by atoms with E-state index in [0.717, 1.165) is 19.3 Å². The van der Waals surface area contributed by atoms with E-state index >= 15 is 0 Å². The molecule has 0 heterocycles. The molecule has 0 aliphatic heterocycles. The number of rotatable bonds is 6. The van der Waals surface area contributed by atoms with E-state index in [9.17, 15) is 14.7 Å². The Balaban J connectivity index is 2.05. The molecule has 2 amide bonds. The van der Waals surface area contributed by atoms with Crippen molar-refractivity contribution in [1.82, 2.24) is 10.2 Å². The summed E-state index contributed by atoms with van der Waals surface area (Å²) < 4.78 is 0. The Morgan fingerprint density at radius 3 is 2.33 bits per heavy atom. The minimum absolute atomic E-state index is 0.00742. The zero-order valence-electron chi connectivity index (χ0n) is 14.8. The molecule has 1 saturated carbocycles. The number of nitrogens with one attached hydrogen (secondary N) is 1. The average molecular weight is 332 g/mol. The van der Waals surface area contributed by atoms with Crippen LogP contribution < -0.4 is 5.32 Å². The van der Waals surface area contributed by atoms with Crippen molar-refractivity contribution < 1.29 is 14.7 Å². The minimum Gasteiger partial charge on any atom is -0.396 e. The quantitative estimate of drug-likeness (QED) is 0.841. The molecule has 2 rings (SSSR count). The number of benzene rings is 1. The number of hydrogen-bond donors (Lipinski definition) is 2. The van der Waals surface area contributed by atoms with Gasteiger partial charge in [-0.25, -0.2) is 0 Å². The van der Waals surface area contributed by atoms with E-state index in [4.69, 9.17) is 0 Å². The van der Waals surface area contributed by atoms with Gasteiger partial charge in [0.1, 0.15) is 0 Å². The smallest absolute Gasteiger partial charge is 0.253 e. The van der Waals surface area contributed by atoms with Crippen LogP contribution in [0.2, 0.25) is 0 Å². The van der Waals surface area contributed by atoms with Crippen LogP contribution in [0.25, 0.3) is 0 Å². The second-order valence-corrected chi connectivity index (χ2v) is 6.79. The third-order valence-corrected chi connectivity index (χ3v) is 5.19. The predicted octanol–water partition coefficient (Wildman–Crippen LogP) is 2.45. The third-order valence-electron chi connectivity index (χ3n) is 5.19. The molecule has 2 atom stereocenters. The third kappa shape index (κ3) is 3.78. The SMILES string of the molecule is CCN(CC)C(=O)c1ccc(C(=O)NC2CCCC2(C)CO)cc1. The number of aliphatic hydroxyl groups excluding tert-OH is 1. The lowest BCUT2D eigenvalue weighted by molar-refractivity contribution is 0.0770. The van der Waals surface area contributed by atoms with Crippen molar-refractivity contribution >= 4 is 11.8 Å². The van der Waals surface area contributed by atoms with Crippen molar-refractivity contribution in [1.29, 1.82) is 0 Å². The van der Waals surface area contributed by atoms with Crippen LogP contribution in [0.1, 0.15) is 60.7 Å². The van der Waals surface area contributed by atoms with Gasteiger partial charge in [0.05, 0.1) is 6.61 Å². The number of amides is 2. The zero-order valence-corrected chi connectivity index (χ0v) is 14.8. The highest BCUT2D eigenvalue weighted by Crippen LogP contribution is 2.37. The Morgan fingerprint density at radius 2 is 1.79 bits per heavy atom. The first kappa shape index (κ1) is 18.5. The summed E-state index contributed by atoms with van der Waals surface area (Å²) in [4.78, 5) is 26.5. The van der Waals surface area contributed by atoms with Gasteiger partial charge in [-0.3, -0.25) is 9.59 Å². The van der Waals surface area contributed by atoms with Gasteiger partial charge in [-0.15, -0.1) is 0 Å². The maximum absolute atomic E-state index is 12.4. The van der Waals surface area contributed by atoms with Crippen LogP contribution in [0.15, 0.2) is 24.3 Å². The fourth-order valence-electron chi connectivity index (χ4n) is 3.37. The molecule has 1 aliphatic carbocycles. The Morgan fingerprint density at radius 1 is 1.21 bits per heavy atom. The second-order valence-electron chi connectivity index (χ2n) is 6.79. The van der Waals surface area contributed by atoms with E-state index in [-0.39, 0.29) is 29.9 Å². The molecule has 1 aromatic carbocycles. The molecule has 132 valence electrons. The highest BCUT2D eigenvalue weighted by molar-refractivity contribution is 5.98. The lowest BCUT2D eigenvalue weighted by Gasteiger charge is -2.30.